The van der Waals surface area contributed by atoms with Gasteiger partial charge < -0.3 is 5.21 Å². The predicted molar refractivity (Wildman–Crippen MR) is 15.9 cm³/mol. The first-order chi connectivity index (χ1) is 3.81. The van der Waals surface area contributed by atoms with Crippen molar-refractivity contribution >= 4 is 0 Å². The zero-order valence-electron chi connectivity index (χ0n) is 3.84. The van der Waals surface area contributed by atoms with E-state index in [4.69, 9.17) is 5.21 Å². The number of nitrogens with one attached hydrogen (secondary N) is 1. The highest BCUT2D eigenvalue weighted by Gasteiger charge is 2.57. The van der Waals surface area contributed by atoms with Gasteiger partial charge in [-0.15, -0.1) is 5.48 Å². The van der Waals surface area contributed by atoms with E-state index in [2.05, 4.69) is 0 Å². The first-order valence-corrected chi connectivity index (χ1v) is 1.67. The fourth-order valence-corrected chi connectivity index (χ4v) is 0.0634. The molecule has 0 saturated carbocycles. The van der Waals surface area contributed by atoms with Gasteiger partial charge in [-0.25, -0.2) is 0 Å². The summed E-state index contributed by atoms with van der Waals surface area (Å²) >= 11 is 0. The van der Waals surface area contributed by atoms with Crippen LogP contribution in [0.4, 0.5) is 22.0 Å². The third-order valence-corrected chi connectivity index (χ3v) is 0.496. The van der Waals surface area contributed by atoms with Gasteiger partial charge in [-0.05, 0) is 0 Å². The average Bonchev–Trinajstić information content (AvgIpc) is 1.64. The lowest BCUT2D eigenvalue weighted by atomic mass is 10.6. The van der Waals surface area contributed by atoms with Crippen LogP contribution in [-0.2, 0) is 0 Å². The van der Waals surface area contributed by atoms with Crippen LogP contribution in [0.1, 0.15) is 0 Å². The van der Waals surface area contributed by atoms with Gasteiger partial charge in [0.25, 0.3) is 0 Å². The van der Waals surface area contributed by atoms with Crippen LogP contribution >= 0.6 is 0 Å². The van der Waals surface area contributed by atoms with E-state index in [0.717, 1.165) is 0 Å². The van der Waals surface area contributed by atoms with Gasteiger partial charge in [0.05, 0.1) is 0 Å². The summed E-state index contributed by atoms with van der Waals surface area (Å²) in [7, 11) is 0. The molecule has 0 saturated heterocycles. The smallest absolute Gasteiger partial charge is 0.311 e. The summed E-state index contributed by atoms with van der Waals surface area (Å²) in [4.78, 5) is 0. The standard InChI is InChI=1S/C2H2F5NO/c3-1(4,5)2(6,7)8-9/h8-9H. The molecule has 0 bridgehead atoms. The first kappa shape index (κ1) is 8.57. The van der Waals surface area contributed by atoms with Gasteiger partial charge in [-0.2, -0.15) is 22.0 Å². The Kier molecular flexibility index (Phi) is 1.97. The third-order valence-electron chi connectivity index (χ3n) is 0.496. The van der Waals surface area contributed by atoms with Crippen LogP contribution in [0.15, 0.2) is 0 Å². The highest BCUT2D eigenvalue weighted by Crippen LogP contribution is 2.31. The normalized spacial score (nSPS) is 14.0. The van der Waals surface area contributed by atoms with Crippen LogP contribution in [0, 0.1) is 0 Å². The lowest BCUT2D eigenvalue weighted by molar-refractivity contribution is -0.322. The second-order valence-electron chi connectivity index (χ2n) is 1.18. The number of halogens is 5. The van der Waals surface area contributed by atoms with Crippen molar-refractivity contribution in [1.82, 2.24) is 5.48 Å². The molecule has 0 aliphatic carbocycles. The monoisotopic (exact) mass is 151 g/mol. The molecule has 2 nitrogen and oxygen atoms in total. The zero-order valence-corrected chi connectivity index (χ0v) is 3.84. The maximum atomic E-state index is 11.2. The van der Waals surface area contributed by atoms with Gasteiger partial charge in [0.1, 0.15) is 0 Å². The molecule has 0 rings (SSSR count). The number of alkyl halides is 5. The van der Waals surface area contributed by atoms with E-state index in [1.54, 1.807) is 0 Å². The van der Waals surface area contributed by atoms with Crippen LogP contribution in [-0.4, -0.2) is 17.4 Å². The largest absolute Gasteiger partial charge is 0.471 e. The molecule has 0 amide bonds. The molecule has 2 N–H and O–H groups in total. The molecule has 56 valence electrons. The molecule has 0 atom stereocenters. The molecule has 9 heavy (non-hydrogen) atoms. The Labute approximate surface area is 46.2 Å². The highest BCUT2D eigenvalue weighted by atomic mass is 19.4. The number of hydroxylamine groups is 1. The molecule has 0 aromatic heterocycles. The lowest BCUT2D eigenvalue weighted by Gasteiger charge is -2.16. The van der Waals surface area contributed by atoms with Crippen LogP contribution in [0.3, 0.4) is 0 Å². The SMILES string of the molecule is ONC(F)(F)C(F)(F)F. The van der Waals surface area contributed by atoms with Gasteiger partial charge in [0.2, 0.25) is 0 Å². The summed E-state index contributed by atoms with van der Waals surface area (Å²) in [5.74, 6) is 0. The molecule has 0 aromatic rings. The number of hydrogen-bond acceptors (Lipinski definition) is 2. The van der Waals surface area contributed by atoms with Crippen molar-refractivity contribution in [2.45, 2.75) is 12.2 Å². The average molecular weight is 151 g/mol. The molecule has 0 unspecified atom stereocenters. The molecule has 0 spiro atoms. The van der Waals surface area contributed by atoms with Crippen molar-refractivity contribution < 1.29 is 27.2 Å². The van der Waals surface area contributed by atoms with Gasteiger partial charge in [0, 0.05) is 0 Å². The van der Waals surface area contributed by atoms with E-state index < -0.39 is 12.2 Å². The summed E-state index contributed by atoms with van der Waals surface area (Å²) in [6.45, 7) is 0. The van der Waals surface area contributed by atoms with Crippen molar-refractivity contribution in [2.75, 3.05) is 0 Å². The second-order valence-corrected chi connectivity index (χ2v) is 1.18. The van der Waals surface area contributed by atoms with E-state index in [0.29, 0.717) is 0 Å². The minimum absolute atomic E-state index is 0.177. The summed E-state index contributed by atoms with van der Waals surface area (Å²) in [5.41, 5.74) is -0.177. The van der Waals surface area contributed by atoms with Crippen LogP contribution in [0.2, 0.25) is 0 Å². The van der Waals surface area contributed by atoms with E-state index in [-0.39, 0.29) is 5.48 Å². The maximum Gasteiger partial charge on any atom is 0.471 e. The van der Waals surface area contributed by atoms with Crippen LogP contribution in [0.25, 0.3) is 0 Å². The maximum absolute atomic E-state index is 11.2. The van der Waals surface area contributed by atoms with Crippen molar-refractivity contribution in [3.05, 3.63) is 0 Å². The molecular formula is C2H2F5NO. The van der Waals surface area contributed by atoms with E-state index >= 15 is 0 Å². The molecule has 0 aromatic carbocycles. The quantitative estimate of drug-likeness (QED) is 0.334. The minimum Gasteiger partial charge on any atom is -0.311 e. The summed E-state index contributed by atoms with van der Waals surface area (Å²) in [5, 5.41) is 7.21. The Morgan fingerprint density at radius 1 is 1.00 bits per heavy atom. The zero-order chi connectivity index (χ0) is 7.71. The third kappa shape index (κ3) is 1.75. The van der Waals surface area contributed by atoms with E-state index in [9.17, 15) is 22.0 Å². The Balaban J connectivity index is 4.14. The summed E-state index contributed by atoms with van der Waals surface area (Å²) in [6, 6.07) is -5.22. The van der Waals surface area contributed by atoms with Crippen molar-refractivity contribution in [3.63, 3.8) is 0 Å². The van der Waals surface area contributed by atoms with Crippen molar-refractivity contribution in [1.29, 1.82) is 0 Å². The van der Waals surface area contributed by atoms with Gasteiger partial charge in [0.15, 0.2) is 0 Å². The van der Waals surface area contributed by atoms with Crippen molar-refractivity contribution in [2.24, 2.45) is 0 Å². The van der Waals surface area contributed by atoms with Crippen LogP contribution < -0.4 is 5.48 Å². The Morgan fingerprint density at radius 2 is 1.33 bits per heavy atom. The molecule has 0 aliphatic heterocycles. The fraction of sp³-hybridized carbons (Fsp3) is 1.00. The Hall–Kier alpha value is -0.430. The van der Waals surface area contributed by atoms with Gasteiger partial charge >= 0.3 is 12.2 Å². The molecular weight excluding hydrogens is 149 g/mol. The first-order valence-electron chi connectivity index (χ1n) is 1.67. The van der Waals surface area contributed by atoms with E-state index in [1.165, 1.54) is 0 Å². The number of rotatable bonds is 1. The van der Waals surface area contributed by atoms with Crippen LogP contribution in [0.5, 0.6) is 0 Å². The Bertz CT molecular complexity index is 97.6. The summed E-state index contributed by atoms with van der Waals surface area (Å²) < 4.78 is 54.9. The minimum atomic E-state index is -5.75. The molecule has 0 fully saturated rings. The molecule has 0 heterocycles. The Morgan fingerprint density at radius 3 is 1.33 bits per heavy atom. The topological polar surface area (TPSA) is 32.3 Å². The predicted octanol–water partition coefficient (Wildman–Crippen LogP) is 1.12. The second kappa shape index (κ2) is 2.07. The fourth-order valence-electron chi connectivity index (χ4n) is 0.0634. The van der Waals surface area contributed by atoms with Crippen molar-refractivity contribution in [3.8, 4) is 0 Å². The molecule has 0 radical (unpaired) electrons. The number of hydrogen-bond donors (Lipinski definition) is 2. The molecule has 0 aliphatic rings. The van der Waals surface area contributed by atoms with Gasteiger partial charge in [-0.3, -0.25) is 0 Å². The molecule has 7 heteroatoms. The highest BCUT2D eigenvalue weighted by molar-refractivity contribution is 4.67. The summed E-state index contributed by atoms with van der Waals surface area (Å²) in [6.07, 6.45) is -5.75. The lowest BCUT2D eigenvalue weighted by Crippen LogP contribution is -2.47. The van der Waals surface area contributed by atoms with E-state index in [1.807, 2.05) is 0 Å². The van der Waals surface area contributed by atoms with Gasteiger partial charge in [-0.1, -0.05) is 0 Å².